The Labute approximate surface area is 104 Å². The fraction of sp³-hybridized carbons (Fsp3) is 0.625. The molecule has 92 valence electrons. The molecular formula is C16H23N. The lowest BCUT2D eigenvalue weighted by atomic mass is 9.71. The van der Waals surface area contributed by atoms with Crippen LogP contribution in [0.1, 0.15) is 49.7 Å². The van der Waals surface area contributed by atoms with Gasteiger partial charge in [-0.15, -0.1) is 0 Å². The molecular weight excluding hydrogens is 206 g/mol. The summed E-state index contributed by atoms with van der Waals surface area (Å²) in [6.07, 6.45) is 8.00. The number of hydrogen-bond donors (Lipinski definition) is 1. The Morgan fingerprint density at radius 3 is 2.71 bits per heavy atom. The van der Waals surface area contributed by atoms with Crippen LogP contribution < -0.4 is 5.73 Å². The average Bonchev–Trinajstić information content (AvgIpc) is 3.13. The minimum Gasteiger partial charge on any atom is -0.321 e. The normalized spacial score (nSPS) is 33.6. The maximum atomic E-state index is 6.71. The molecule has 2 saturated carbocycles. The molecule has 2 N–H and O–H groups in total. The van der Waals surface area contributed by atoms with E-state index in [0.29, 0.717) is 0 Å². The second-order valence-corrected chi connectivity index (χ2v) is 6.22. The fourth-order valence-corrected chi connectivity index (χ4v) is 3.54. The summed E-state index contributed by atoms with van der Waals surface area (Å²) < 4.78 is 0. The van der Waals surface area contributed by atoms with Crippen LogP contribution in [0.5, 0.6) is 0 Å². The highest BCUT2D eigenvalue weighted by atomic mass is 14.8. The van der Waals surface area contributed by atoms with Crippen molar-refractivity contribution in [1.82, 2.24) is 0 Å². The molecule has 1 heteroatoms. The highest BCUT2D eigenvalue weighted by Gasteiger charge is 2.40. The first kappa shape index (κ1) is 11.3. The Hall–Kier alpha value is -0.820. The second kappa shape index (κ2) is 4.13. The standard InChI is InChI=1S/C16H23N/c1-12-4-2-6-15(10-12)16(17)9-3-5-14(11-16)13-7-8-13/h2,4,6,10,13-14H,3,5,7-9,11,17H2,1H3. The van der Waals surface area contributed by atoms with Crippen LogP contribution in [0, 0.1) is 18.8 Å². The molecule has 2 aliphatic carbocycles. The van der Waals surface area contributed by atoms with Gasteiger partial charge in [-0.2, -0.15) is 0 Å². The Bertz CT molecular complexity index is 408. The van der Waals surface area contributed by atoms with Crippen molar-refractivity contribution in [2.24, 2.45) is 17.6 Å². The fourth-order valence-electron chi connectivity index (χ4n) is 3.54. The number of hydrogen-bond acceptors (Lipinski definition) is 1. The minimum absolute atomic E-state index is 0.0441. The van der Waals surface area contributed by atoms with Crippen LogP contribution in [0.2, 0.25) is 0 Å². The van der Waals surface area contributed by atoms with Gasteiger partial charge in [0.25, 0.3) is 0 Å². The highest BCUT2D eigenvalue weighted by molar-refractivity contribution is 5.29. The lowest BCUT2D eigenvalue weighted by Crippen LogP contribution is -2.42. The van der Waals surface area contributed by atoms with E-state index in [-0.39, 0.29) is 5.54 Å². The van der Waals surface area contributed by atoms with Crippen molar-refractivity contribution in [2.45, 2.75) is 51.0 Å². The molecule has 3 rings (SSSR count). The van der Waals surface area contributed by atoms with Crippen LogP contribution in [0.25, 0.3) is 0 Å². The van der Waals surface area contributed by atoms with Gasteiger partial charge in [-0.3, -0.25) is 0 Å². The highest BCUT2D eigenvalue weighted by Crippen LogP contribution is 2.48. The third-order valence-corrected chi connectivity index (χ3v) is 4.71. The summed E-state index contributed by atoms with van der Waals surface area (Å²) >= 11 is 0. The minimum atomic E-state index is -0.0441. The molecule has 0 saturated heterocycles. The van der Waals surface area contributed by atoms with E-state index in [0.717, 1.165) is 11.8 Å². The summed E-state index contributed by atoms with van der Waals surface area (Å²) in [6.45, 7) is 2.16. The molecule has 1 nitrogen and oxygen atoms in total. The molecule has 0 bridgehead atoms. The van der Waals surface area contributed by atoms with Gasteiger partial charge < -0.3 is 5.73 Å². The van der Waals surface area contributed by atoms with Gasteiger partial charge in [0.15, 0.2) is 0 Å². The summed E-state index contributed by atoms with van der Waals surface area (Å²) in [6, 6.07) is 8.83. The lowest BCUT2D eigenvalue weighted by molar-refractivity contribution is 0.206. The van der Waals surface area contributed by atoms with Crippen LogP contribution >= 0.6 is 0 Å². The van der Waals surface area contributed by atoms with E-state index >= 15 is 0 Å². The molecule has 2 unspecified atom stereocenters. The zero-order valence-electron chi connectivity index (χ0n) is 10.8. The SMILES string of the molecule is Cc1cccc(C2(N)CCCC(C3CC3)C2)c1. The predicted molar refractivity (Wildman–Crippen MR) is 71.7 cm³/mol. The van der Waals surface area contributed by atoms with Crippen molar-refractivity contribution >= 4 is 0 Å². The van der Waals surface area contributed by atoms with Gasteiger partial charge in [-0.05, 0) is 50.0 Å². The third kappa shape index (κ3) is 2.26. The van der Waals surface area contributed by atoms with Gasteiger partial charge in [-0.1, -0.05) is 42.7 Å². The van der Waals surface area contributed by atoms with Crippen molar-refractivity contribution in [2.75, 3.05) is 0 Å². The van der Waals surface area contributed by atoms with E-state index in [9.17, 15) is 0 Å². The Balaban J connectivity index is 1.83. The molecule has 2 aliphatic rings. The van der Waals surface area contributed by atoms with Crippen molar-refractivity contribution in [1.29, 1.82) is 0 Å². The van der Waals surface area contributed by atoms with Gasteiger partial charge in [0.2, 0.25) is 0 Å². The molecule has 0 heterocycles. The summed E-state index contributed by atoms with van der Waals surface area (Å²) in [7, 11) is 0. The largest absolute Gasteiger partial charge is 0.321 e. The number of nitrogens with two attached hydrogens (primary N) is 1. The summed E-state index contributed by atoms with van der Waals surface area (Å²) in [5, 5.41) is 0. The van der Waals surface area contributed by atoms with Crippen molar-refractivity contribution in [3.8, 4) is 0 Å². The number of rotatable bonds is 2. The Morgan fingerprint density at radius 1 is 1.18 bits per heavy atom. The summed E-state index contributed by atoms with van der Waals surface area (Å²) in [4.78, 5) is 0. The van der Waals surface area contributed by atoms with Gasteiger partial charge in [0.1, 0.15) is 0 Å². The maximum Gasteiger partial charge on any atom is 0.0412 e. The van der Waals surface area contributed by atoms with Crippen molar-refractivity contribution in [3.05, 3.63) is 35.4 Å². The van der Waals surface area contributed by atoms with E-state index in [1.165, 1.54) is 49.7 Å². The van der Waals surface area contributed by atoms with Crippen LogP contribution in [0.4, 0.5) is 0 Å². The Kier molecular flexibility index (Phi) is 2.74. The van der Waals surface area contributed by atoms with Crippen LogP contribution in [0.15, 0.2) is 24.3 Å². The smallest absolute Gasteiger partial charge is 0.0412 e. The molecule has 1 aromatic rings. The molecule has 0 aromatic heterocycles. The number of benzene rings is 1. The first-order valence-corrected chi connectivity index (χ1v) is 7.03. The Morgan fingerprint density at radius 2 is 2.00 bits per heavy atom. The summed E-state index contributed by atoms with van der Waals surface area (Å²) in [5.74, 6) is 1.90. The van der Waals surface area contributed by atoms with Crippen molar-refractivity contribution in [3.63, 3.8) is 0 Å². The zero-order chi connectivity index (χ0) is 11.9. The van der Waals surface area contributed by atoms with Crippen LogP contribution in [-0.2, 0) is 5.54 Å². The lowest BCUT2D eigenvalue weighted by Gasteiger charge is -2.39. The molecule has 0 radical (unpaired) electrons. The van der Waals surface area contributed by atoms with E-state index < -0.39 is 0 Å². The van der Waals surface area contributed by atoms with E-state index in [4.69, 9.17) is 5.73 Å². The molecule has 0 amide bonds. The molecule has 2 atom stereocenters. The van der Waals surface area contributed by atoms with Gasteiger partial charge in [-0.25, -0.2) is 0 Å². The third-order valence-electron chi connectivity index (χ3n) is 4.71. The number of aryl methyl sites for hydroxylation is 1. The quantitative estimate of drug-likeness (QED) is 0.821. The zero-order valence-corrected chi connectivity index (χ0v) is 10.8. The monoisotopic (exact) mass is 229 g/mol. The first-order valence-electron chi connectivity index (χ1n) is 7.03. The predicted octanol–water partition coefficient (Wildman–Crippen LogP) is 3.75. The van der Waals surface area contributed by atoms with Crippen molar-refractivity contribution < 1.29 is 0 Å². The van der Waals surface area contributed by atoms with E-state index in [2.05, 4.69) is 31.2 Å². The molecule has 2 fully saturated rings. The average molecular weight is 229 g/mol. The van der Waals surface area contributed by atoms with Crippen LogP contribution in [0.3, 0.4) is 0 Å². The molecule has 1 aromatic carbocycles. The van der Waals surface area contributed by atoms with Crippen LogP contribution in [-0.4, -0.2) is 0 Å². The molecule has 0 spiro atoms. The van der Waals surface area contributed by atoms with E-state index in [1.54, 1.807) is 0 Å². The van der Waals surface area contributed by atoms with Gasteiger partial charge in [0, 0.05) is 5.54 Å². The maximum absolute atomic E-state index is 6.71. The van der Waals surface area contributed by atoms with Gasteiger partial charge in [0.05, 0.1) is 0 Å². The molecule has 17 heavy (non-hydrogen) atoms. The second-order valence-electron chi connectivity index (χ2n) is 6.22. The topological polar surface area (TPSA) is 26.0 Å². The van der Waals surface area contributed by atoms with E-state index in [1.807, 2.05) is 0 Å². The van der Waals surface area contributed by atoms with Gasteiger partial charge >= 0.3 is 0 Å². The molecule has 0 aliphatic heterocycles. The summed E-state index contributed by atoms with van der Waals surface area (Å²) in [5.41, 5.74) is 9.36. The first-order chi connectivity index (χ1) is 8.17.